The lowest BCUT2D eigenvalue weighted by Gasteiger charge is -2.05. The summed E-state index contributed by atoms with van der Waals surface area (Å²) in [6, 6.07) is 16.9. The van der Waals surface area contributed by atoms with Gasteiger partial charge in [0.25, 0.3) is 10.1 Å². The van der Waals surface area contributed by atoms with Crippen LogP contribution in [0.15, 0.2) is 54.6 Å². The van der Waals surface area contributed by atoms with E-state index in [1.807, 2.05) is 42.5 Å². The molecule has 6 heteroatoms. The molecule has 0 aromatic heterocycles. The zero-order valence-electron chi connectivity index (χ0n) is 11.8. The van der Waals surface area contributed by atoms with Gasteiger partial charge in [-0.25, -0.2) is 4.79 Å². The first-order valence-corrected chi connectivity index (χ1v) is 8.30. The van der Waals surface area contributed by atoms with Gasteiger partial charge in [0.1, 0.15) is 12.4 Å². The molecule has 2 aromatic carbocycles. The molecule has 0 aliphatic carbocycles. The average Bonchev–Trinajstić information content (AvgIpc) is 2.47. The van der Waals surface area contributed by atoms with Gasteiger partial charge in [-0.2, -0.15) is 8.42 Å². The lowest BCUT2D eigenvalue weighted by Crippen LogP contribution is -2.14. The molecule has 0 unspecified atom stereocenters. The van der Waals surface area contributed by atoms with Gasteiger partial charge in [0.15, 0.2) is 0 Å². The highest BCUT2D eigenvalue weighted by atomic mass is 32.2. The SMILES string of the molecule is O=C(OCCS(=O)(=O)O)c1ccc(Cc2ccccc2)cc1. The predicted octanol–water partition coefficient (Wildman–Crippen LogP) is 2.32. The fourth-order valence-electron chi connectivity index (χ4n) is 1.91. The highest BCUT2D eigenvalue weighted by Crippen LogP contribution is 2.11. The Morgan fingerprint density at radius 1 is 0.955 bits per heavy atom. The second kappa shape index (κ2) is 7.20. The minimum Gasteiger partial charge on any atom is -0.461 e. The predicted molar refractivity (Wildman–Crippen MR) is 82.4 cm³/mol. The monoisotopic (exact) mass is 320 g/mol. The van der Waals surface area contributed by atoms with E-state index in [4.69, 9.17) is 9.29 Å². The van der Waals surface area contributed by atoms with Gasteiger partial charge in [-0.05, 0) is 29.7 Å². The standard InChI is InChI=1S/C16H16O5S/c17-16(21-10-11-22(18,19)20)15-8-6-14(7-9-15)12-13-4-2-1-3-5-13/h1-9H,10-12H2,(H,18,19,20). The quantitative estimate of drug-likeness (QED) is 0.652. The molecule has 5 nitrogen and oxygen atoms in total. The number of hydrogen-bond donors (Lipinski definition) is 1. The van der Waals surface area contributed by atoms with Crippen molar-refractivity contribution in [3.05, 3.63) is 71.3 Å². The molecule has 0 aliphatic heterocycles. The third-order valence-electron chi connectivity index (χ3n) is 3.02. The van der Waals surface area contributed by atoms with Crippen molar-refractivity contribution in [2.24, 2.45) is 0 Å². The first-order valence-electron chi connectivity index (χ1n) is 6.69. The van der Waals surface area contributed by atoms with Crippen molar-refractivity contribution < 1.29 is 22.5 Å². The summed E-state index contributed by atoms with van der Waals surface area (Å²) >= 11 is 0. The number of benzene rings is 2. The van der Waals surface area contributed by atoms with Crippen molar-refractivity contribution >= 4 is 16.1 Å². The van der Waals surface area contributed by atoms with Crippen LogP contribution in [0.2, 0.25) is 0 Å². The van der Waals surface area contributed by atoms with Gasteiger partial charge in [-0.3, -0.25) is 4.55 Å². The first kappa shape index (κ1) is 16.2. The zero-order chi connectivity index (χ0) is 16.0. The normalized spacial score (nSPS) is 11.1. The Hall–Kier alpha value is -2.18. The fraction of sp³-hybridized carbons (Fsp3) is 0.188. The van der Waals surface area contributed by atoms with Crippen LogP contribution in [-0.2, 0) is 21.3 Å². The molecule has 0 saturated heterocycles. The molecule has 0 radical (unpaired) electrons. The zero-order valence-corrected chi connectivity index (χ0v) is 12.6. The van der Waals surface area contributed by atoms with Crippen molar-refractivity contribution in [2.45, 2.75) is 6.42 Å². The topological polar surface area (TPSA) is 80.7 Å². The number of hydrogen-bond acceptors (Lipinski definition) is 4. The van der Waals surface area contributed by atoms with E-state index in [1.165, 1.54) is 5.56 Å². The molecule has 116 valence electrons. The smallest absolute Gasteiger partial charge is 0.338 e. The summed E-state index contributed by atoms with van der Waals surface area (Å²) in [7, 11) is -4.12. The lowest BCUT2D eigenvalue weighted by atomic mass is 10.0. The highest BCUT2D eigenvalue weighted by molar-refractivity contribution is 7.85. The molecule has 0 saturated carbocycles. The molecule has 0 aliphatic rings. The summed E-state index contributed by atoms with van der Waals surface area (Å²) in [6.07, 6.45) is 0.763. The maximum Gasteiger partial charge on any atom is 0.338 e. The van der Waals surface area contributed by atoms with Crippen LogP contribution in [0, 0.1) is 0 Å². The molecular weight excluding hydrogens is 304 g/mol. The second-order valence-electron chi connectivity index (χ2n) is 4.78. The largest absolute Gasteiger partial charge is 0.461 e. The Labute approximate surface area is 129 Å². The molecule has 0 heterocycles. The van der Waals surface area contributed by atoms with E-state index in [-0.39, 0.29) is 6.61 Å². The summed E-state index contributed by atoms with van der Waals surface area (Å²) in [6.45, 7) is -0.372. The number of rotatable bonds is 6. The summed E-state index contributed by atoms with van der Waals surface area (Å²) in [5.41, 5.74) is 2.57. The maximum absolute atomic E-state index is 11.7. The Morgan fingerprint density at radius 2 is 1.55 bits per heavy atom. The first-order chi connectivity index (χ1) is 10.4. The van der Waals surface area contributed by atoms with Crippen molar-refractivity contribution in [1.29, 1.82) is 0 Å². The van der Waals surface area contributed by atoms with E-state index in [0.717, 1.165) is 12.0 Å². The Bertz CT molecular complexity index is 721. The Kier molecular flexibility index (Phi) is 5.30. The van der Waals surface area contributed by atoms with Crippen LogP contribution in [0.25, 0.3) is 0 Å². The van der Waals surface area contributed by atoms with E-state index < -0.39 is 21.8 Å². The van der Waals surface area contributed by atoms with Crippen LogP contribution in [0.4, 0.5) is 0 Å². The van der Waals surface area contributed by atoms with Crippen molar-refractivity contribution in [3.63, 3.8) is 0 Å². The van der Waals surface area contributed by atoms with Crippen molar-refractivity contribution in [1.82, 2.24) is 0 Å². The highest BCUT2D eigenvalue weighted by Gasteiger charge is 2.10. The third-order valence-corrected chi connectivity index (χ3v) is 3.70. The van der Waals surface area contributed by atoms with Gasteiger partial charge in [-0.15, -0.1) is 0 Å². The van der Waals surface area contributed by atoms with Gasteiger partial charge in [-0.1, -0.05) is 42.5 Å². The molecule has 0 amide bonds. The van der Waals surface area contributed by atoms with E-state index in [1.54, 1.807) is 12.1 Å². The third kappa shape index (κ3) is 5.31. The van der Waals surface area contributed by atoms with Crippen LogP contribution in [0.3, 0.4) is 0 Å². The molecule has 2 rings (SSSR count). The van der Waals surface area contributed by atoms with Crippen LogP contribution < -0.4 is 0 Å². The van der Waals surface area contributed by atoms with Crippen LogP contribution in [0.1, 0.15) is 21.5 Å². The molecule has 22 heavy (non-hydrogen) atoms. The van der Waals surface area contributed by atoms with Gasteiger partial charge < -0.3 is 4.74 Å². The molecule has 0 fully saturated rings. The second-order valence-corrected chi connectivity index (χ2v) is 6.35. The van der Waals surface area contributed by atoms with Gasteiger partial charge >= 0.3 is 5.97 Å². The molecule has 2 aromatic rings. The fourth-order valence-corrected chi connectivity index (χ4v) is 2.21. The number of ether oxygens (including phenoxy) is 1. The summed E-state index contributed by atoms with van der Waals surface area (Å²) in [4.78, 5) is 11.7. The van der Waals surface area contributed by atoms with Crippen LogP contribution in [0.5, 0.6) is 0 Å². The molecular formula is C16H16O5S. The number of carbonyl (C=O) groups excluding carboxylic acids is 1. The molecule has 0 bridgehead atoms. The summed E-state index contributed by atoms with van der Waals surface area (Å²) in [5.74, 6) is -1.22. The summed E-state index contributed by atoms with van der Waals surface area (Å²) in [5, 5.41) is 0. The minimum absolute atomic E-state index is 0.340. The van der Waals surface area contributed by atoms with E-state index >= 15 is 0 Å². The summed E-state index contributed by atoms with van der Waals surface area (Å²) < 4.78 is 34.4. The van der Waals surface area contributed by atoms with Crippen LogP contribution >= 0.6 is 0 Å². The number of carbonyl (C=O) groups is 1. The van der Waals surface area contributed by atoms with Gasteiger partial charge in [0.05, 0.1) is 5.56 Å². The molecule has 0 spiro atoms. The van der Waals surface area contributed by atoms with Gasteiger partial charge in [0.2, 0.25) is 0 Å². The van der Waals surface area contributed by atoms with E-state index in [0.29, 0.717) is 5.56 Å². The van der Waals surface area contributed by atoms with E-state index in [9.17, 15) is 13.2 Å². The molecule has 1 N–H and O–H groups in total. The Balaban J connectivity index is 1.92. The maximum atomic E-state index is 11.7. The van der Waals surface area contributed by atoms with Crippen molar-refractivity contribution in [3.8, 4) is 0 Å². The van der Waals surface area contributed by atoms with Crippen molar-refractivity contribution in [2.75, 3.05) is 12.4 Å². The molecule has 0 atom stereocenters. The lowest BCUT2D eigenvalue weighted by molar-refractivity contribution is 0.0528. The van der Waals surface area contributed by atoms with E-state index in [2.05, 4.69) is 0 Å². The van der Waals surface area contributed by atoms with Crippen LogP contribution in [-0.4, -0.2) is 31.3 Å². The Morgan fingerprint density at radius 3 is 2.14 bits per heavy atom. The van der Waals surface area contributed by atoms with Gasteiger partial charge in [0, 0.05) is 0 Å². The average molecular weight is 320 g/mol. The number of esters is 1. The minimum atomic E-state index is -4.12.